The van der Waals surface area contributed by atoms with Gasteiger partial charge in [-0.3, -0.25) is 25.1 Å². The number of thioether (sulfide) groups is 1. The highest BCUT2D eigenvalue weighted by Gasteiger charge is 2.34. The van der Waals surface area contributed by atoms with E-state index in [-0.39, 0.29) is 15.6 Å². The topological polar surface area (TPSA) is 111 Å². The molecule has 1 saturated heterocycles. The molecule has 1 aliphatic heterocycles. The van der Waals surface area contributed by atoms with Crippen molar-refractivity contribution in [3.8, 4) is 11.5 Å². The number of hydrogen-bond acceptors (Lipinski definition) is 8. The highest BCUT2D eigenvalue weighted by atomic mass is 32.2. The Bertz CT molecular complexity index is 1070. The summed E-state index contributed by atoms with van der Waals surface area (Å²) in [5.41, 5.74) is 3.12. The van der Waals surface area contributed by atoms with Crippen molar-refractivity contribution in [3.05, 3.63) is 68.6 Å². The van der Waals surface area contributed by atoms with Crippen LogP contribution in [0.25, 0.3) is 6.08 Å². The molecular weight excluding hydrogens is 430 g/mol. The Kier molecular flexibility index (Phi) is 6.33. The molecule has 0 aromatic heterocycles. The average Bonchev–Trinajstić information content (AvgIpc) is 3.00. The number of carbonyl (C=O) groups is 2. The number of benzene rings is 2. The second kappa shape index (κ2) is 8.93. The van der Waals surface area contributed by atoms with E-state index in [4.69, 9.17) is 21.7 Å². The molecule has 154 valence electrons. The van der Waals surface area contributed by atoms with E-state index in [0.29, 0.717) is 22.0 Å². The molecule has 30 heavy (non-hydrogen) atoms. The molecule has 2 aromatic rings. The molecule has 0 bridgehead atoms. The summed E-state index contributed by atoms with van der Waals surface area (Å²) in [6.07, 6.45) is 1.62. The highest BCUT2D eigenvalue weighted by molar-refractivity contribution is 8.26. The number of rotatable bonds is 6. The number of carbonyl (C=O) groups excluding carboxylic acids is 2. The lowest BCUT2D eigenvalue weighted by molar-refractivity contribution is -0.384. The smallest absolute Gasteiger partial charge is 0.285 e. The Morgan fingerprint density at radius 2 is 1.83 bits per heavy atom. The number of non-ortho nitro benzene ring substituents is 1. The summed E-state index contributed by atoms with van der Waals surface area (Å²) in [7, 11) is 3.03. The van der Waals surface area contributed by atoms with Crippen LogP contribution < -0.4 is 14.9 Å². The van der Waals surface area contributed by atoms with Crippen LogP contribution in [0.5, 0.6) is 11.5 Å². The molecule has 0 unspecified atom stereocenters. The van der Waals surface area contributed by atoms with E-state index in [1.54, 1.807) is 24.3 Å². The van der Waals surface area contributed by atoms with Gasteiger partial charge in [-0.1, -0.05) is 17.8 Å². The predicted octanol–water partition coefficient (Wildman–Crippen LogP) is 3.16. The standard InChI is InChI=1S/C19H15N3O6S2/c1-27-14-8-3-11(9-15(14)28-2)10-16-18(24)21(19(29)30-16)20-17(23)12-4-6-13(7-5-12)22(25)26/h3-10H,1-2H3,(H,20,23). The average molecular weight is 445 g/mol. The molecule has 0 saturated carbocycles. The fraction of sp³-hybridized carbons (Fsp3) is 0.105. The lowest BCUT2D eigenvalue weighted by Gasteiger charge is -2.15. The lowest BCUT2D eigenvalue weighted by atomic mass is 10.2. The number of nitro groups is 1. The first-order chi connectivity index (χ1) is 14.3. The maximum atomic E-state index is 12.7. The van der Waals surface area contributed by atoms with Gasteiger partial charge in [-0.15, -0.1) is 0 Å². The van der Waals surface area contributed by atoms with Gasteiger partial charge in [0.05, 0.1) is 24.0 Å². The minimum Gasteiger partial charge on any atom is -0.493 e. The van der Waals surface area contributed by atoms with E-state index in [2.05, 4.69) is 5.43 Å². The summed E-state index contributed by atoms with van der Waals surface area (Å²) >= 11 is 6.24. The third-order valence-corrected chi connectivity index (χ3v) is 5.35. The van der Waals surface area contributed by atoms with E-state index in [0.717, 1.165) is 16.8 Å². The maximum Gasteiger partial charge on any atom is 0.285 e. The van der Waals surface area contributed by atoms with Crippen LogP contribution in [0.15, 0.2) is 47.4 Å². The Morgan fingerprint density at radius 1 is 1.17 bits per heavy atom. The summed E-state index contributed by atoms with van der Waals surface area (Å²) in [5.74, 6) is -0.0469. The van der Waals surface area contributed by atoms with E-state index in [9.17, 15) is 19.7 Å². The molecule has 1 N–H and O–H groups in total. The van der Waals surface area contributed by atoms with Crippen molar-refractivity contribution in [2.45, 2.75) is 0 Å². The second-order valence-corrected chi connectivity index (χ2v) is 7.55. The first kappa shape index (κ1) is 21.3. The second-order valence-electron chi connectivity index (χ2n) is 5.88. The number of nitrogens with one attached hydrogen (secondary N) is 1. The van der Waals surface area contributed by atoms with Crippen molar-refractivity contribution in [3.63, 3.8) is 0 Å². The van der Waals surface area contributed by atoms with Crippen molar-refractivity contribution in [1.82, 2.24) is 10.4 Å². The summed E-state index contributed by atoms with van der Waals surface area (Å²) < 4.78 is 10.6. The van der Waals surface area contributed by atoms with Crippen LogP contribution >= 0.6 is 24.0 Å². The fourth-order valence-corrected chi connectivity index (χ4v) is 3.74. The van der Waals surface area contributed by atoms with Crippen molar-refractivity contribution < 1.29 is 24.0 Å². The van der Waals surface area contributed by atoms with Gasteiger partial charge in [0.25, 0.3) is 17.5 Å². The molecular formula is C19H15N3O6S2. The van der Waals surface area contributed by atoms with Crippen molar-refractivity contribution in [2.24, 2.45) is 0 Å². The molecule has 11 heteroatoms. The third-order valence-electron chi connectivity index (χ3n) is 4.05. The molecule has 9 nitrogen and oxygen atoms in total. The first-order valence-corrected chi connectivity index (χ1v) is 9.62. The van der Waals surface area contributed by atoms with Crippen LogP contribution in [-0.4, -0.2) is 40.3 Å². The minimum atomic E-state index is -0.617. The van der Waals surface area contributed by atoms with Gasteiger partial charge in [-0.2, -0.15) is 5.01 Å². The molecule has 3 rings (SSSR count). The quantitative estimate of drug-likeness (QED) is 0.312. The zero-order chi connectivity index (χ0) is 21.8. The highest BCUT2D eigenvalue weighted by Crippen LogP contribution is 2.34. The summed E-state index contributed by atoms with van der Waals surface area (Å²) in [6, 6.07) is 10.2. The number of amides is 2. The number of nitro benzene ring substituents is 1. The number of methoxy groups -OCH3 is 2. The zero-order valence-electron chi connectivity index (χ0n) is 15.8. The minimum absolute atomic E-state index is 0.144. The molecule has 1 fully saturated rings. The van der Waals surface area contributed by atoms with Gasteiger partial charge in [-0.25, -0.2) is 0 Å². The third kappa shape index (κ3) is 4.42. The molecule has 0 aliphatic carbocycles. The predicted molar refractivity (Wildman–Crippen MR) is 115 cm³/mol. The van der Waals surface area contributed by atoms with E-state index < -0.39 is 16.7 Å². The van der Waals surface area contributed by atoms with Crippen LogP contribution in [0.3, 0.4) is 0 Å². The summed E-state index contributed by atoms with van der Waals surface area (Å²) in [5, 5.41) is 11.7. The zero-order valence-corrected chi connectivity index (χ0v) is 17.4. The van der Waals surface area contributed by atoms with Gasteiger partial charge >= 0.3 is 0 Å². The Hall–Kier alpha value is -3.44. The van der Waals surface area contributed by atoms with Crippen molar-refractivity contribution in [1.29, 1.82) is 0 Å². The number of ether oxygens (including phenoxy) is 2. The lowest BCUT2D eigenvalue weighted by Crippen LogP contribution is -2.44. The molecule has 1 heterocycles. The molecule has 0 atom stereocenters. The van der Waals surface area contributed by atoms with Gasteiger partial charge in [0, 0.05) is 17.7 Å². The normalized spacial score (nSPS) is 14.7. The molecule has 2 amide bonds. The first-order valence-electron chi connectivity index (χ1n) is 8.39. The van der Waals surface area contributed by atoms with E-state index >= 15 is 0 Å². The maximum absolute atomic E-state index is 12.7. The largest absolute Gasteiger partial charge is 0.493 e. The number of hydrogen-bond donors (Lipinski definition) is 1. The number of nitrogens with zero attached hydrogens (tertiary/aromatic N) is 2. The fourth-order valence-electron chi connectivity index (χ4n) is 2.56. The molecule has 1 aliphatic rings. The van der Waals surface area contributed by atoms with Gasteiger partial charge in [0.2, 0.25) is 0 Å². The summed E-state index contributed by atoms with van der Waals surface area (Å²) in [6.45, 7) is 0. The van der Waals surface area contributed by atoms with Crippen molar-refractivity contribution >= 4 is 51.9 Å². The SMILES string of the molecule is COc1ccc(C=C2SC(=S)N(NC(=O)c3ccc([N+](=O)[O-])cc3)C2=O)cc1OC. The monoisotopic (exact) mass is 445 g/mol. The Balaban J connectivity index is 1.76. The van der Waals surface area contributed by atoms with Crippen LogP contribution in [0.4, 0.5) is 5.69 Å². The van der Waals surface area contributed by atoms with Crippen LogP contribution in [0, 0.1) is 10.1 Å². The Morgan fingerprint density at radius 3 is 2.43 bits per heavy atom. The van der Waals surface area contributed by atoms with Crippen LogP contribution in [0.1, 0.15) is 15.9 Å². The number of thiocarbonyl (C=S) groups is 1. The van der Waals surface area contributed by atoms with Crippen LogP contribution in [-0.2, 0) is 4.79 Å². The van der Waals surface area contributed by atoms with E-state index in [1.165, 1.54) is 38.5 Å². The van der Waals surface area contributed by atoms with Crippen molar-refractivity contribution in [2.75, 3.05) is 14.2 Å². The van der Waals surface area contributed by atoms with E-state index in [1.807, 2.05) is 0 Å². The molecule has 0 spiro atoms. The number of hydrazine groups is 1. The van der Waals surface area contributed by atoms with Gasteiger partial charge in [0.1, 0.15) is 0 Å². The molecule has 2 aromatic carbocycles. The van der Waals surface area contributed by atoms with Gasteiger partial charge in [-0.05, 0) is 48.1 Å². The van der Waals surface area contributed by atoms with Gasteiger partial charge in [0.15, 0.2) is 15.8 Å². The summed E-state index contributed by atoms with van der Waals surface area (Å²) in [4.78, 5) is 35.6. The van der Waals surface area contributed by atoms with Gasteiger partial charge < -0.3 is 9.47 Å². The molecule has 0 radical (unpaired) electrons. The Labute approximate surface area is 180 Å². The van der Waals surface area contributed by atoms with Crippen LogP contribution in [0.2, 0.25) is 0 Å².